The lowest BCUT2D eigenvalue weighted by Crippen LogP contribution is -2.27. The zero-order valence-corrected chi connectivity index (χ0v) is 15.5. The SMILES string of the molecule is Cc1cc(C)n(CCCNC(=O)CSCc2nnnn2C(C)C)n1. The first-order chi connectivity index (χ1) is 11.5. The third-order valence-corrected chi connectivity index (χ3v) is 4.42. The second-order valence-electron chi connectivity index (χ2n) is 5.98. The van der Waals surface area contributed by atoms with Crippen LogP contribution in [0, 0.1) is 13.8 Å². The highest BCUT2D eigenvalue weighted by Gasteiger charge is 2.10. The van der Waals surface area contributed by atoms with E-state index in [1.54, 1.807) is 4.68 Å². The Morgan fingerprint density at radius 3 is 2.83 bits per heavy atom. The van der Waals surface area contributed by atoms with Gasteiger partial charge in [0.1, 0.15) is 0 Å². The summed E-state index contributed by atoms with van der Waals surface area (Å²) < 4.78 is 3.75. The third-order valence-electron chi connectivity index (χ3n) is 3.49. The summed E-state index contributed by atoms with van der Waals surface area (Å²) in [5.74, 6) is 1.87. The molecule has 0 saturated heterocycles. The molecule has 0 radical (unpaired) electrons. The molecule has 9 heteroatoms. The normalized spacial score (nSPS) is 11.2. The Hall–Kier alpha value is -1.90. The fraction of sp³-hybridized carbons (Fsp3) is 0.667. The van der Waals surface area contributed by atoms with Gasteiger partial charge in [0.2, 0.25) is 5.91 Å². The molecule has 2 aromatic heterocycles. The van der Waals surface area contributed by atoms with E-state index in [1.165, 1.54) is 11.8 Å². The van der Waals surface area contributed by atoms with E-state index in [2.05, 4.69) is 32.0 Å². The van der Waals surface area contributed by atoms with Crippen LogP contribution in [0.3, 0.4) is 0 Å². The van der Waals surface area contributed by atoms with E-state index in [0.29, 0.717) is 18.1 Å². The molecule has 1 N–H and O–H groups in total. The Kier molecular flexibility index (Phi) is 6.77. The molecule has 2 rings (SSSR count). The van der Waals surface area contributed by atoms with Crippen LogP contribution in [-0.4, -0.2) is 48.2 Å². The molecule has 24 heavy (non-hydrogen) atoms. The predicted octanol–water partition coefficient (Wildman–Crippen LogP) is 1.51. The van der Waals surface area contributed by atoms with Crippen LogP contribution in [-0.2, 0) is 17.1 Å². The van der Waals surface area contributed by atoms with Gasteiger partial charge < -0.3 is 5.32 Å². The molecule has 2 heterocycles. The first kappa shape index (κ1) is 18.4. The van der Waals surface area contributed by atoms with Crippen molar-refractivity contribution in [2.24, 2.45) is 0 Å². The highest BCUT2D eigenvalue weighted by Crippen LogP contribution is 2.12. The third kappa shape index (κ3) is 5.33. The van der Waals surface area contributed by atoms with E-state index in [9.17, 15) is 4.79 Å². The van der Waals surface area contributed by atoms with Crippen LogP contribution in [0.1, 0.15) is 43.5 Å². The topological polar surface area (TPSA) is 90.5 Å². The Bertz CT molecular complexity index is 665. The van der Waals surface area contributed by atoms with Crippen molar-refractivity contribution in [3.8, 4) is 0 Å². The average Bonchev–Trinajstić information content (AvgIpc) is 3.10. The molecule has 132 valence electrons. The second-order valence-corrected chi connectivity index (χ2v) is 6.97. The second kappa shape index (κ2) is 8.81. The largest absolute Gasteiger partial charge is 0.355 e. The molecule has 0 spiro atoms. The van der Waals surface area contributed by atoms with Gasteiger partial charge in [0.25, 0.3) is 0 Å². The maximum absolute atomic E-state index is 11.9. The average molecular weight is 351 g/mol. The number of hydrogen-bond acceptors (Lipinski definition) is 6. The van der Waals surface area contributed by atoms with E-state index in [0.717, 1.165) is 30.2 Å². The van der Waals surface area contributed by atoms with Gasteiger partial charge in [-0.15, -0.1) is 16.9 Å². The summed E-state index contributed by atoms with van der Waals surface area (Å²) in [6, 6.07) is 2.28. The number of nitrogens with one attached hydrogen (secondary N) is 1. The summed E-state index contributed by atoms with van der Waals surface area (Å²) in [4.78, 5) is 11.9. The molecule has 0 aliphatic carbocycles. The number of thioether (sulfide) groups is 1. The van der Waals surface area contributed by atoms with Crippen LogP contribution in [0.5, 0.6) is 0 Å². The molecule has 1 amide bonds. The zero-order valence-electron chi connectivity index (χ0n) is 14.7. The minimum absolute atomic E-state index is 0.0388. The van der Waals surface area contributed by atoms with Gasteiger partial charge in [-0.3, -0.25) is 9.48 Å². The van der Waals surface area contributed by atoms with Crippen LogP contribution in [0.4, 0.5) is 0 Å². The monoisotopic (exact) mass is 351 g/mol. The Labute approximate surface area is 146 Å². The lowest BCUT2D eigenvalue weighted by Gasteiger charge is -2.08. The molecule has 8 nitrogen and oxygen atoms in total. The van der Waals surface area contributed by atoms with Crippen molar-refractivity contribution in [1.82, 2.24) is 35.3 Å². The van der Waals surface area contributed by atoms with Crippen LogP contribution >= 0.6 is 11.8 Å². The molecule has 0 fully saturated rings. The maximum Gasteiger partial charge on any atom is 0.230 e. The number of hydrogen-bond donors (Lipinski definition) is 1. The van der Waals surface area contributed by atoms with Crippen LogP contribution < -0.4 is 5.32 Å². The van der Waals surface area contributed by atoms with Crippen molar-refractivity contribution in [3.63, 3.8) is 0 Å². The maximum atomic E-state index is 11.9. The van der Waals surface area contributed by atoms with Crippen LogP contribution in [0.25, 0.3) is 0 Å². The summed E-state index contributed by atoms with van der Waals surface area (Å²) >= 11 is 1.52. The number of nitrogens with zero attached hydrogens (tertiary/aromatic N) is 6. The predicted molar refractivity (Wildman–Crippen MR) is 93.7 cm³/mol. The lowest BCUT2D eigenvalue weighted by molar-refractivity contribution is -0.118. The standard InChI is InChI=1S/C15H25N7OS/c1-11(2)22-14(17-19-20-22)9-24-10-15(23)16-6-5-7-21-13(4)8-12(3)18-21/h8,11H,5-7,9-10H2,1-4H3,(H,16,23). The van der Waals surface area contributed by atoms with Crippen LogP contribution in [0.2, 0.25) is 0 Å². The number of amides is 1. The highest BCUT2D eigenvalue weighted by atomic mass is 32.2. The van der Waals surface area contributed by atoms with E-state index < -0.39 is 0 Å². The fourth-order valence-electron chi connectivity index (χ4n) is 2.35. The summed E-state index contributed by atoms with van der Waals surface area (Å²) in [5.41, 5.74) is 2.17. The van der Waals surface area contributed by atoms with Gasteiger partial charge in [-0.25, -0.2) is 4.68 Å². The van der Waals surface area contributed by atoms with Crippen molar-refractivity contribution in [2.75, 3.05) is 12.3 Å². The zero-order chi connectivity index (χ0) is 17.5. The van der Waals surface area contributed by atoms with Crippen molar-refractivity contribution in [1.29, 1.82) is 0 Å². The smallest absolute Gasteiger partial charge is 0.230 e. The Balaban J connectivity index is 1.61. The van der Waals surface area contributed by atoms with Gasteiger partial charge in [-0.05, 0) is 50.6 Å². The lowest BCUT2D eigenvalue weighted by atomic mass is 10.4. The summed E-state index contributed by atoms with van der Waals surface area (Å²) in [5, 5.41) is 19.0. The minimum atomic E-state index is 0.0388. The number of aromatic nitrogens is 6. The molecule has 0 unspecified atom stereocenters. The fourth-order valence-corrected chi connectivity index (χ4v) is 3.11. The van der Waals surface area contributed by atoms with E-state index in [4.69, 9.17) is 0 Å². The van der Waals surface area contributed by atoms with Crippen molar-refractivity contribution in [2.45, 2.75) is 52.5 Å². The molecule has 0 bridgehead atoms. The van der Waals surface area contributed by atoms with Gasteiger partial charge in [0, 0.05) is 18.8 Å². The highest BCUT2D eigenvalue weighted by molar-refractivity contribution is 7.99. The quantitative estimate of drug-likeness (QED) is 0.689. The summed E-state index contributed by atoms with van der Waals surface area (Å²) in [6.07, 6.45) is 0.865. The van der Waals surface area contributed by atoms with E-state index in [1.807, 2.05) is 32.4 Å². The molecule has 0 aliphatic rings. The number of carbonyl (C=O) groups is 1. The van der Waals surface area contributed by atoms with Gasteiger partial charge in [0.05, 0.1) is 23.2 Å². The van der Waals surface area contributed by atoms with E-state index >= 15 is 0 Å². The van der Waals surface area contributed by atoms with Gasteiger partial charge in [-0.2, -0.15) is 5.10 Å². The minimum Gasteiger partial charge on any atom is -0.355 e. The van der Waals surface area contributed by atoms with E-state index in [-0.39, 0.29) is 11.9 Å². The number of rotatable bonds is 9. The molecule has 0 atom stereocenters. The molecule has 2 aromatic rings. The molecule has 0 saturated carbocycles. The van der Waals surface area contributed by atoms with Crippen molar-refractivity contribution >= 4 is 17.7 Å². The number of aryl methyl sites for hydroxylation is 3. The summed E-state index contributed by atoms with van der Waals surface area (Å²) in [6.45, 7) is 9.55. The molecule has 0 aliphatic heterocycles. The van der Waals surface area contributed by atoms with Gasteiger partial charge in [-0.1, -0.05) is 0 Å². The van der Waals surface area contributed by atoms with Gasteiger partial charge in [0.15, 0.2) is 5.82 Å². The molecular formula is C15H25N7OS. The Morgan fingerprint density at radius 1 is 1.38 bits per heavy atom. The molecular weight excluding hydrogens is 326 g/mol. The van der Waals surface area contributed by atoms with Crippen LogP contribution in [0.15, 0.2) is 6.07 Å². The number of carbonyl (C=O) groups excluding carboxylic acids is 1. The van der Waals surface area contributed by atoms with Crippen molar-refractivity contribution < 1.29 is 4.79 Å². The Morgan fingerprint density at radius 2 is 2.17 bits per heavy atom. The number of tetrazole rings is 1. The van der Waals surface area contributed by atoms with Crippen molar-refractivity contribution in [3.05, 3.63) is 23.3 Å². The van der Waals surface area contributed by atoms with Gasteiger partial charge >= 0.3 is 0 Å². The summed E-state index contributed by atoms with van der Waals surface area (Å²) in [7, 11) is 0. The first-order valence-corrected chi connectivity index (χ1v) is 9.25. The first-order valence-electron chi connectivity index (χ1n) is 8.09. The molecule has 0 aromatic carbocycles.